The van der Waals surface area contributed by atoms with Gasteiger partial charge < -0.3 is 9.84 Å². The molecule has 2 aromatic rings. The van der Waals surface area contributed by atoms with Gasteiger partial charge in [0, 0.05) is 21.1 Å². The Hall–Kier alpha value is -1.60. The van der Waals surface area contributed by atoms with Gasteiger partial charge in [-0.1, -0.05) is 51.8 Å². The average molecular weight is 484 g/mol. The van der Waals surface area contributed by atoms with Crippen molar-refractivity contribution >= 4 is 5.97 Å². The first-order valence-electron chi connectivity index (χ1n) is 7.71. The van der Waals surface area contributed by atoms with Crippen LogP contribution in [-0.4, -0.2) is 11.1 Å². The fraction of sp³-hybridized carbons (Fsp3) is 0.316. The first kappa shape index (κ1) is 21.4. The number of rotatable bonds is 5. The van der Waals surface area contributed by atoms with Gasteiger partial charge in [0.05, 0.1) is 5.56 Å². The summed E-state index contributed by atoms with van der Waals surface area (Å²) in [6.45, 7) is 6.29. The van der Waals surface area contributed by atoms with Gasteiger partial charge in [0.25, 0.3) is 0 Å². The molecule has 0 aliphatic heterocycles. The molecule has 3 nitrogen and oxygen atoms in total. The third kappa shape index (κ3) is 7.47. The van der Waals surface area contributed by atoms with Crippen LogP contribution in [0.25, 0.3) is 0 Å². The van der Waals surface area contributed by atoms with Crippen molar-refractivity contribution in [1.29, 1.82) is 0 Å². The number of unbranched alkanes of at least 4 members (excludes halogenated alkanes) is 1. The number of aromatic carboxylic acids is 1. The summed E-state index contributed by atoms with van der Waals surface area (Å²) < 4.78 is 5.66. The van der Waals surface area contributed by atoms with E-state index in [4.69, 9.17) is 9.84 Å². The minimum absolute atomic E-state index is 0. The molecule has 0 fully saturated rings. The van der Waals surface area contributed by atoms with E-state index in [9.17, 15) is 4.79 Å². The molecule has 0 aromatic heterocycles. The van der Waals surface area contributed by atoms with E-state index in [1.807, 2.05) is 37.3 Å². The summed E-state index contributed by atoms with van der Waals surface area (Å²) in [5.74, 6) is 0.490. The molecule has 23 heavy (non-hydrogen) atoms. The second-order valence-corrected chi connectivity index (χ2v) is 4.89. The molecule has 1 N–H and O–H groups in total. The van der Waals surface area contributed by atoms with Crippen LogP contribution in [-0.2, 0) is 27.5 Å². The number of carboxylic acid groups (broad SMARTS) is 1. The van der Waals surface area contributed by atoms with E-state index < -0.39 is 5.97 Å². The van der Waals surface area contributed by atoms with E-state index in [-0.39, 0.29) is 21.1 Å². The summed E-state index contributed by atoms with van der Waals surface area (Å²) in [6.07, 6.45) is 3.30. The molecule has 0 saturated heterocycles. The van der Waals surface area contributed by atoms with Crippen molar-refractivity contribution in [3.8, 4) is 11.5 Å². The predicted molar refractivity (Wildman–Crippen MR) is 89.9 cm³/mol. The van der Waals surface area contributed by atoms with Crippen LogP contribution in [0, 0.1) is 0 Å². The van der Waals surface area contributed by atoms with E-state index in [1.165, 1.54) is 12.8 Å². The maximum atomic E-state index is 11.0. The number of aryl methyl sites for hydroxylation is 1. The Morgan fingerprint density at radius 2 is 1.57 bits per heavy atom. The topological polar surface area (TPSA) is 46.5 Å². The van der Waals surface area contributed by atoms with Crippen LogP contribution >= 0.6 is 0 Å². The van der Waals surface area contributed by atoms with Crippen LogP contribution < -0.4 is 4.74 Å². The van der Waals surface area contributed by atoms with Gasteiger partial charge in [0.1, 0.15) is 11.5 Å². The molecule has 0 spiro atoms. The van der Waals surface area contributed by atoms with Crippen LogP contribution in [0.4, 0.5) is 0 Å². The van der Waals surface area contributed by atoms with E-state index in [0.29, 0.717) is 17.7 Å². The molecule has 0 radical (unpaired) electrons. The van der Waals surface area contributed by atoms with Crippen LogP contribution in [0.3, 0.4) is 0 Å². The Labute approximate surface area is 153 Å². The van der Waals surface area contributed by atoms with E-state index in [1.54, 1.807) is 18.2 Å². The smallest absolute Gasteiger partial charge is 0.335 e. The van der Waals surface area contributed by atoms with Gasteiger partial charge in [-0.25, -0.2) is 4.79 Å². The van der Waals surface area contributed by atoms with Crippen molar-refractivity contribution in [3.63, 3.8) is 0 Å². The number of ether oxygens (including phenoxy) is 1. The predicted octanol–water partition coefficient (Wildman–Crippen LogP) is 5.54. The van der Waals surface area contributed by atoms with Gasteiger partial charge in [-0.3, -0.25) is 0 Å². The summed E-state index contributed by atoms with van der Waals surface area (Å²) in [7, 11) is 0. The molecule has 0 unspecified atom stereocenters. The molecular weight excluding hydrogens is 460 g/mol. The number of carbonyl (C=O) groups is 1. The Balaban J connectivity index is 0.000000871. The van der Waals surface area contributed by atoms with Crippen LogP contribution in [0.15, 0.2) is 48.5 Å². The Morgan fingerprint density at radius 1 is 0.957 bits per heavy atom. The van der Waals surface area contributed by atoms with E-state index in [2.05, 4.69) is 13.8 Å². The first-order valence-corrected chi connectivity index (χ1v) is 7.71. The van der Waals surface area contributed by atoms with Crippen molar-refractivity contribution in [2.45, 2.75) is 40.0 Å². The molecule has 0 atom stereocenters. The summed E-state index contributed by atoms with van der Waals surface area (Å²) in [5.41, 5.74) is 1.11. The van der Waals surface area contributed by atoms with Crippen molar-refractivity contribution in [3.05, 3.63) is 59.7 Å². The summed E-state index contributed by atoms with van der Waals surface area (Å²) >= 11 is 0. The number of hydrogen-bond donors (Lipinski definition) is 1. The van der Waals surface area contributed by atoms with Crippen molar-refractivity contribution < 1.29 is 35.7 Å². The molecule has 2 aromatic carbocycles. The van der Waals surface area contributed by atoms with Gasteiger partial charge in [-0.2, -0.15) is 0 Å². The van der Waals surface area contributed by atoms with Crippen LogP contribution in [0.1, 0.15) is 49.5 Å². The third-order valence-electron chi connectivity index (χ3n) is 3.17. The maximum Gasteiger partial charge on any atom is 0.335 e. The van der Waals surface area contributed by atoms with Gasteiger partial charge in [0.15, 0.2) is 0 Å². The van der Waals surface area contributed by atoms with Crippen LogP contribution in [0.5, 0.6) is 11.5 Å². The summed E-state index contributed by atoms with van der Waals surface area (Å²) in [5, 5.41) is 9.04. The SMILES string of the molecule is CCCC.CCc1cc(Oc2ccccc2)ccc1C(=O)O.[W]. The van der Waals surface area contributed by atoms with Gasteiger partial charge in [-0.15, -0.1) is 0 Å². The maximum absolute atomic E-state index is 11.0. The normalized spacial score (nSPS) is 9.17. The van der Waals surface area contributed by atoms with E-state index >= 15 is 0 Å². The zero-order valence-electron chi connectivity index (χ0n) is 13.9. The Morgan fingerprint density at radius 3 is 2.04 bits per heavy atom. The van der Waals surface area contributed by atoms with Crippen molar-refractivity contribution in [2.75, 3.05) is 0 Å². The molecule has 0 aliphatic rings. The largest absolute Gasteiger partial charge is 0.478 e. The van der Waals surface area contributed by atoms with Crippen LogP contribution in [0.2, 0.25) is 0 Å². The minimum atomic E-state index is -0.905. The van der Waals surface area contributed by atoms with Gasteiger partial charge >= 0.3 is 5.97 Å². The molecule has 0 saturated carbocycles. The molecule has 0 heterocycles. The minimum Gasteiger partial charge on any atom is -0.478 e. The number of benzene rings is 2. The standard InChI is InChI=1S/C15H14O3.C4H10.W/c1-2-11-10-13(8-9-14(11)15(16)17)18-12-6-4-3-5-7-12;1-3-4-2;/h3-10H,2H2,1H3,(H,16,17);3-4H2,1-2H3;. The monoisotopic (exact) mass is 484 g/mol. The number of hydrogen-bond acceptors (Lipinski definition) is 2. The summed E-state index contributed by atoms with van der Waals surface area (Å²) in [4.78, 5) is 11.0. The number of carboxylic acids is 1. The van der Waals surface area contributed by atoms with E-state index in [0.717, 1.165) is 11.3 Å². The molecular formula is C19H24O3W. The molecule has 0 bridgehead atoms. The fourth-order valence-corrected chi connectivity index (χ4v) is 1.76. The quantitative estimate of drug-likeness (QED) is 0.606. The molecule has 0 amide bonds. The van der Waals surface area contributed by atoms with Gasteiger partial charge in [-0.05, 0) is 42.3 Å². The zero-order valence-corrected chi connectivity index (χ0v) is 16.8. The first-order chi connectivity index (χ1) is 10.6. The Bertz CT molecular complexity index is 580. The molecule has 4 heteroatoms. The third-order valence-corrected chi connectivity index (χ3v) is 3.17. The molecule has 0 aliphatic carbocycles. The van der Waals surface area contributed by atoms with Gasteiger partial charge in [0.2, 0.25) is 0 Å². The summed E-state index contributed by atoms with van der Waals surface area (Å²) in [6, 6.07) is 14.4. The Kier molecular flexibility index (Phi) is 11.1. The number of para-hydroxylation sites is 1. The zero-order chi connectivity index (χ0) is 16.4. The average Bonchev–Trinajstić information content (AvgIpc) is 2.55. The van der Waals surface area contributed by atoms with Crippen molar-refractivity contribution in [1.82, 2.24) is 0 Å². The second kappa shape index (κ2) is 11.9. The fourth-order valence-electron chi connectivity index (χ4n) is 1.76. The molecule has 2 rings (SSSR count). The second-order valence-electron chi connectivity index (χ2n) is 4.89. The van der Waals surface area contributed by atoms with Crippen molar-refractivity contribution in [2.24, 2.45) is 0 Å². The molecule has 124 valence electrons.